The molecule has 1 atom stereocenters. The molecule has 0 aliphatic carbocycles. The average molecular weight is 425 g/mol. The lowest BCUT2D eigenvalue weighted by Crippen LogP contribution is -2.39. The third kappa shape index (κ3) is 5.79. The maximum atomic E-state index is 14.2. The maximum absolute atomic E-state index is 14.2. The van der Waals surface area contributed by atoms with Crippen molar-refractivity contribution in [3.63, 3.8) is 0 Å². The molecule has 1 unspecified atom stereocenters. The van der Waals surface area contributed by atoms with E-state index in [1.807, 2.05) is 20.8 Å². The first-order valence-electron chi connectivity index (χ1n) is 9.31. The molecule has 156 valence electrons. The lowest BCUT2D eigenvalue weighted by Gasteiger charge is -2.28. The molecule has 2 heterocycles. The predicted molar refractivity (Wildman–Crippen MR) is 106 cm³/mol. The Morgan fingerprint density at radius 2 is 2.03 bits per heavy atom. The minimum atomic E-state index is -0.687. The number of oxime groups is 1. The number of hydrogen-bond acceptors (Lipinski definition) is 4. The molecule has 5 nitrogen and oxygen atoms in total. The second kappa shape index (κ2) is 8.53. The Balaban J connectivity index is 1.72. The Bertz CT molecular complexity index is 921. The van der Waals surface area contributed by atoms with Crippen LogP contribution in [-0.2, 0) is 16.2 Å². The van der Waals surface area contributed by atoms with Crippen LogP contribution in [0.5, 0.6) is 0 Å². The third-order valence-electron chi connectivity index (χ3n) is 4.43. The van der Waals surface area contributed by atoms with Gasteiger partial charge in [0.25, 0.3) is 0 Å². The van der Waals surface area contributed by atoms with Crippen LogP contribution in [0.15, 0.2) is 39.9 Å². The van der Waals surface area contributed by atoms with Gasteiger partial charge in [-0.2, -0.15) is 0 Å². The van der Waals surface area contributed by atoms with E-state index in [0.717, 1.165) is 6.07 Å². The van der Waals surface area contributed by atoms with E-state index in [4.69, 9.17) is 20.9 Å². The van der Waals surface area contributed by atoms with Crippen LogP contribution in [0.2, 0.25) is 5.22 Å². The second-order valence-electron chi connectivity index (χ2n) is 8.32. The molecule has 1 aliphatic heterocycles. The lowest BCUT2D eigenvalue weighted by molar-refractivity contribution is -0.135. The Hall–Kier alpha value is -2.41. The molecule has 0 fully saturated rings. The lowest BCUT2D eigenvalue weighted by atomic mass is 9.91. The molecule has 0 radical (unpaired) electrons. The molecule has 0 spiro atoms. The topological polar surface area (TPSA) is 55.0 Å². The number of carbonyl (C=O) groups excluding carboxylic acids is 1. The highest BCUT2D eigenvalue weighted by molar-refractivity contribution is 6.29. The average Bonchev–Trinajstić information content (AvgIpc) is 3.23. The van der Waals surface area contributed by atoms with Crippen molar-refractivity contribution in [3.05, 3.63) is 58.5 Å². The first-order chi connectivity index (χ1) is 13.6. The van der Waals surface area contributed by atoms with E-state index in [1.165, 1.54) is 17.0 Å². The molecule has 0 N–H and O–H groups in total. The summed E-state index contributed by atoms with van der Waals surface area (Å²) in [5.74, 6) is -0.977. The molecule has 0 bridgehead atoms. The van der Waals surface area contributed by atoms with E-state index in [9.17, 15) is 13.6 Å². The molecule has 0 saturated carbocycles. The van der Waals surface area contributed by atoms with E-state index >= 15 is 0 Å². The summed E-state index contributed by atoms with van der Waals surface area (Å²) in [4.78, 5) is 19.9. The quantitative estimate of drug-likeness (QED) is 0.642. The van der Waals surface area contributed by atoms with Gasteiger partial charge in [0, 0.05) is 31.0 Å². The smallest absolute Gasteiger partial charge is 0.223 e. The van der Waals surface area contributed by atoms with Crippen molar-refractivity contribution in [1.82, 2.24) is 4.90 Å². The summed E-state index contributed by atoms with van der Waals surface area (Å²) in [6, 6.07) is 6.66. The summed E-state index contributed by atoms with van der Waals surface area (Å²) < 4.78 is 32.7. The van der Waals surface area contributed by atoms with Gasteiger partial charge >= 0.3 is 0 Å². The summed E-state index contributed by atoms with van der Waals surface area (Å²) in [5.41, 5.74) is 0.600. The highest BCUT2D eigenvalue weighted by Crippen LogP contribution is 2.25. The van der Waals surface area contributed by atoms with Crippen LogP contribution < -0.4 is 0 Å². The second-order valence-corrected chi connectivity index (χ2v) is 8.69. The normalized spacial score (nSPS) is 16.5. The van der Waals surface area contributed by atoms with Gasteiger partial charge in [0.1, 0.15) is 17.3 Å². The van der Waals surface area contributed by atoms with Crippen molar-refractivity contribution < 1.29 is 22.8 Å². The van der Waals surface area contributed by atoms with Crippen LogP contribution in [-0.4, -0.2) is 29.2 Å². The Morgan fingerprint density at radius 1 is 1.28 bits per heavy atom. The van der Waals surface area contributed by atoms with Crippen molar-refractivity contribution in [2.24, 2.45) is 10.6 Å². The molecule has 29 heavy (non-hydrogen) atoms. The number of rotatable bonds is 6. The predicted octanol–water partition coefficient (Wildman–Crippen LogP) is 5.17. The third-order valence-corrected chi connectivity index (χ3v) is 4.63. The highest BCUT2D eigenvalue weighted by Gasteiger charge is 2.30. The van der Waals surface area contributed by atoms with Crippen LogP contribution in [0.4, 0.5) is 8.78 Å². The van der Waals surface area contributed by atoms with Crippen molar-refractivity contribution in [3.8, 4) is 0 Å². The van der Waals surface area contributed by atoms with Gasteiger partial charge in [-0.25, -0.2) is 8.78 Å². The zero-order valence-corrected chi connectivity index (χ0v) is 17.3. The van der Waals surface area contributed by atoms with Crippen LogP contribution >= 0.6 is 11.6 Å². The standard InChI is InChI=1S/C21H23ClF2N2O3/c1-21(2,3)10-20(27)26(11-13-4-5-14(23)8-16(13)24)12-15-9-17(25-29-15)18-6-7-19(22)28-18/h4-8,15H,9-12H2,1-3H3. The number of amides is 1. The molecule has 8 heteroatoms. The number of halogens is 3. The Kier molecular flexibility index (Phi) is 6.27. The molecule has 1 amide bonds. The number of hydrogen-bond donors (Lipinski definition) is 0. The van der Waals surface area contributed by atoms with Gasteiger partial charge in [-0.3, -0.25) is 4.79 Å². The minimum Gasteiger partial charge on any atom is -0.443 e. The van der Waals surface area contributed by atoms with Gasteiger partial charge in [0.15, 0.2) is 17.1 Å². The fourth-order valence-corrected chi connectivity index (χ4v) is 3.21. The highest BCUT2D eigenvalue weighted by atomic mass is 35.5. The van der Waals surface area contributed by atoms with Gasteiger partial charge < -0.3 is 14.2 Å². The van der Waals surface area contributed by atoms with Crippen LogP contribution in [0, 0.1) is 17.0 Å². The van der Waals surface area contributed by atoms with Crippen molar-refractivity contribution >= 4 is 23.2 Å². The molecular weight excluding hydrogens is 402 g/mol. The summed E-state index contributed by atoms with van der Waals surface area (Å²) in [5, 5.41) is 4.28. The Morgan fingerprint density at radius 3 is 2.66 bits per heavy atom. The van der Waals surface area contributed by atoms with E-state index in [2.05, 4.69) is 5.16 Å². The largest absolute Gasteiger partial charge is 0.443 e. The van der Waals surface area contributed by atoms with E-state index in [0.29, 0.717) is 17.9 Å². The zero-order valence-electron chi connectivity index (χ0n) is 16.5. The van der Waals surface area contributed by atoms with E-state index < -0.39 is 17.7 Å². The number of nitrogens with zero attached hydrogens (tertiary/aromatic N) is 2. The van der Waals surface area contributed by atoms with Crippen LogP contribution in [0.1, 0.15) is 44.9 Å². The molecule has 3 rings (SSSR count). The van der Waals surface area contributed by atoms with Gasteiger partial charge in [-0.1, -0.05) is 32.0 Å². The minimum absolute atomic E-state index is 0.0167. The summed E-state index contributed by atoms with van der Waals surface area (Å²) in [6.07, 6.45) is 0.306. The molecule has 1 aromatic carbocycles. The summed E-state index contributed by atoms with van der Waals surface area (Å²) in [6.45, 7) is 6.09. The first kappa shape index (κ1) is 21.3. The van der Waals surface area contributed by atoms with Crippen LogP contribution in [0.3, 0.4) is 0 Å². The van der Waals surface area contributed by atoms with E-state index in [-0.39, 0.29) is 41.6 Å². The van der Waals surface area contributed by atoms with Gasteiger partial charge in [-0.05, 0) is 35.2 Å². The molecule has 1 aromatic heterocycles. The van der Waals surface area contributed by atoms with E-state index in [1.54, 1.807) is 12.1 Å². The number of furan rings is 1. The number of benzene rings is 1. The fourth-order valence-electron chi connectivity index (χ4n) is 3.06. The number of carbonyl (C=O) groups is 1. The van der Waals surface area contributed by atoms with Crippen molar-refractivity contribution in [2.45, 2.75) is 46.3 Å². The molecule has 0 saturated heterocycles. The SMILES string of the molecule is CC(C)(C)CC(=O)N(Cc1ccc(F)cc1F)CC1CC(c2ccc(Cl)o2)=NO1. The first-order valence-corrected chi connectivity index (χ1v) is 9.68. The molecule has 2 aromatic rings. The summed E-state index contributed by atoms with van der Waals surface area (Å²) >= 11 is 5.80. The van der Waals surface area contributed by atoms with Gasteiger partial charge in [-0.15, -0.1) is 0 Å². The summed E-state index contributed by atoms with van der Waals surface area (Å²) in [7, 11) is 0. The van der Waals surface area contributed by atoms with Crippen molar-refractivity contribution in [1.29, 1.82) is 0 Å². The molecular formula is C21H23ClF2N2O3. The van der Waals surface area contributed by atoms with Gasteiger partial charge in [0.2, 0.25) is 5.91 Å². The van der Waals surface area contributed by atoms with Crippen LogP contribution in [0.25, 0.3) is 0 Å². The fraction of sp³-hybridized carbons (Fsp3) is 0.429. The zero-order chi connectivity index (χ0) is 21.2. The van der Waals surface area contributed by atoms with Gasteiger partial charge in [0.05, 0.1) is 6.54 Å². The van der Waals surface area contributed by atoms with Crippen molar-refractivity contribution in [2.75, 3.05) is 6.54 Å². The molecule has 1 aliphatic rings. The Labute approximate surface area is 173 Å². The maximum Gasteiger partial charge on any atom is 0.223 e. The monoisotopic (exact) mass is 424 g/mol.